The predicted octanol–water partition coefficient (Wildman–Crippen LogP) is 0.00220. The molecule has 0 saturated heterocycles. The van der Waals surface area contributed by atoms with Crippen LogP contribution >= 0.6 is 0 Å². The summed E-state index contributed by atoms with van der Waals surface area (Å²) >= 11 is 0. The van der Waals surface area contributed by atoms with E-state index >= 15 is 0 Å². The van der Waals surface area contributed by atoms with Gasteiger partial charge < -0.3 is 31.7 Å². The summed E-state index contributed by atoms with van der Waals surface area (Å²) < 4.78 is 2.36. The van der Waals surface area contributed by atoms with Gasteiger partial charge in [0, 0.05) is 0 Å². The normalized spacial score (nSPS) is 18.1. The van der Waals surface area contributed by atoms with E-state index in [9.17, 15) is 29.8 Å². The summed E-state index contributed by atoms with van der Waals surface area (Å²) in [6.07, 6.45) is 8.66. The second-order valence-electron chi connectivity index (χ2n) is 5.69. The molecule has 3 rings (SSSR count). The highest BCUT2D eigenvalue weighted by Crippen LogP contribution is 2.26. The number of nitrogens with two attached hydrogens (primary N) is 2. The minimum absolute atomic E-state index is 0.331. The summed E-state index contributed by atoms with van der Waals surface area (Å²) in [7, 11) is 0. The van der Waals surface area contributed by atoms with Crippen molar-refractivity contribution in [3.63, 3.8) is 0 Å². The van der Waals surface area contributed by atoms with E-state index in [1.54, 1.807) is 24.3 Å². The maximum Gasteiger partial charge on any atom is 0.402 e. The number of hydrogen-bond donors (Lipinski definition) is 2. The number of nitro groups is 2. The lowest BCUT2D eigenvalue weighted by molar-refractivity contribution is -0.390. The molecule has 2 heterocycles. The van der Waals surface area contributed by atoms with Crippen LogP contribution in [0, 0.1) is 20.2 Å². The smallest absolute Gasteiger partial charge is 0.365 e. The third-order valence-electron chi connectivity index (χ3n) is 3.92. The second kappa shape index (κ2) is 6.75. The zero-order valence-corrected chi connectivity index (χ0v) is 13.9. The Morgan fingerprint density at radius 2 is 1.14 bits per heavy atom. The van der Waals surface area contributed by atoms with Gasteiger partial charge in [-0.2, -0.15) is 9.36 Å². The second-order valence-corrected chi connectivity index (χ2v) is 5.69. The lowest BCUT2D eigenvalue weighted by Crippen LogP contribution is -2.13. The quantitative estimate of drug-likeness (QED) is 0.390. The number of amides is 2. The van der Waals surface area contributed by atoms with Crippen LogP contribution in [0.25, 0.3) is 0 Å². The van der Waals surface area contributed by atoms with E-state index in [1.165, 1.54) is 9.36 Å². The van der Waals surface area contributed by atoms with Gasteiger partial charge in [0.1, 0.15) is 12.1 Å². The summed E-state index contributed by atoms with van der Waals surface area (Å²) in [6, 6.07) is -1.13. The van der Waals surface area contributed by atoms with Crippen molar-refractivity contribution in [1.29, 1.82) is 0 Å². The Morgan fingerprint density at radius 3 is 1.36 bits per heavy atom. The van der Waals surface area contributed by atoms with Crippen molar-refractivity contribution >= 4 is 23.5 Å². The predicted molar refractivity (Wildman–Crippen MR) is 91.2 cm³/mol. The summed E-state index contributed by atoms with van der Waals surface area (Å²) in [5.41, 5.74) is 9.58. The topological polar surface area (TPSA) is 208 Å². The molecule has 0 aliphatic heterocycles. The van der Waals surface area contributed by atoms with Crippen molar-refractivity contribution in [3.05, 3.63) is 68.1 Å². The first-order valence-corrected chi connectivity index (χ1v) is 7.62. The van der Waals surface area contributed by atoms with E-state index in [0.717, 1.165) is 12.4 Å². The highest BCUT2D eigenvalue weighted by Gasteiger charge is 2.29. The highest BCUT2D eigenvalue weighted by molar-refractivity contribution is 5.96. The molecule has 2 aromatic rings. The molecule has 0 unspecified atom stereocenters. The minimum atomic E-state index is -0.984. The van der Waals surface area contributed by atoms with Crippen LogP contribution in [0.2, 0.25) is 0 Å². The zero-order chi connectivity index (χ0) is 20.6. The Morgan fingerprint density at radius 1 is 0.821 bits per heavy atom. The van der Waals surface area contributed by atoms with Crippen molar-refractivity contribution < 1.29 is 19.4 Å². The number of hydrogen-bond acceptors (Lipinski definition) is 8. The number of allylic oxidation sites excluding steroid dienone is 4. The van der Waals surface area contributed by atoms with Crippen molar-refractivity contribution in [2.75, 3.05) is 0 Å². The zero-order valence-electron chi connectivity index (χ0n) is 13.9. The SMILES string of the molecule is NC(=O)c1cn(C2C=CC(n3cc(C(N)=O)c([N+](=O)[O-])n3)C=C2)nc1[N+](=O)[O-]. The molecule has 28 heavy (non-hydrogen) atoms. The molecule has 1 aliphatic rings. The first kappa shape index (κ1) is 18.4. The molecule has 14 nitrogen and oxygen atoms in total. The van der Waals surface area contributed by atoms with Crippen molar-refractivity contribution in [1.82, 2.24) is 19.6 Å². The maximum absolute atomic E-state index is 11.3. The fraction of sp³-hybridized carbons (Fsp3) is 0.143. The van der Waals surface area contributed by atoms with E-state index in [0.29, 0.717) is 0 Å². The number of rotatable bonds is 6. The van der Waals surface area contributed by atoms with Gasteiger partial charge in [0.2, 0.25) is 0 Å². The fourth-order valence-electron chi connectivity index (χ4n) is 2.62. The average Bonchev–Trinajstić information content (AvgIpc) is 3.27. The Balaban J connectivity index is 1.87. The van der Waals surface area contributed by atoms with Gasteiger partial charge in [-0.05, 0) is 9.85 Å². The van der Waals surface area contributed by atoms with E-state index < -0.39 is 45.4 Å². The molecule has 0 saturated carbocycles. The van der Waals surface area contributed by atoms with Crippen molar-refractivity contribution in [2.45, 2.75) is 12.1 Å². The summed E-state index contributed by atoms with van der Waals surface area (Å²) in [6.45, 7) is 0. The number of aromatic nitrogens is 4. The number of carbonyl (C=O) groups excluding carboxylic acids is 2. The Kier molecular flexibility index (Phi) is 4.44. The van der Waals surface area contributed by atoms with Crippen molar-refractivity contribution in [3.8, 4) is 0 Å². The minimum Gasteiger partial charge on any atom is -0.365 e. The molecule has 0 radical (unpaired) electrons. The summed E-state index contributed by atoms with van der Waals surface area (Å²) in [5, 5.41) is 29.5. The molecule has 144 valence electrons. The van der Waals surface area contributed by atoms with Gasteiger partial charge in [0.05, 0.1) is 22.6 Å². The highest BCUT2D eigenvalue weighted by atomic mass is 16.6. The first-order chi connectivity index (χ1) is 13.2. The van der Waals surface area contributed by atoms with Crippen LogP contribution in [0.1, 0.15) is 32.8 Å². The monoisotopic (exact) mass is 388 g/mol. The van der Waals surface area contributed by atoms with Gasteiger partial charge in [-0.3, -0.25) is 9.59 Å². The maximum atomic E-state index is 11.3. The van der Waals surface area contributed by atoms with E-state index in [2.05, 4.69) is 10.2 Å². The standard InChI is InChI=1S/C14H12N8O6/c15-11(23)9-5-19(17-13(9)21(25)26)7-1-2-8(4-3-7)20-6-10(12(16)24)14(18-20)22(27)28/h1-8H,(H2,15,23)(H2,16,24). The molecule has 1 aliphatic carbocycles. The molecular formula is C14H12N8O6. The molecule has 14 heteroatoms. The van der Waals surface area contributed by atoms with Crippen LogP contribution in [-0.2, 0) is 0 Å². The molecule has 0 spiro atoms. The lowest BCUT2D eigenvalue weighted by atomic mass is 10.1. The van der Waals surface area contributed by atoms with Crippen LogP contribution in [-0.4, -0.2) is 41.2 Å². The number of primary amides is 2. The molecule has 2 amide bonds. The molecule has 0 atom stereocenters. The van der Waals surface area contributed by atoms with Gasteiger partial charge in [0.15, 0.2) is 11.1 Å². The average molecular weight is 388 g/mol. The Hall–Kier alpha value is -4.36. The molecule has 0 bridgehead atoms. The Bertz CT molecular complexity index is 905. The third kappa shape index (κ3) is 3.20. The first-order valence-electron chi connectivity index (χ1n) is 7.62. The van der Waals surface area contributed by atoms with Gasteiger partial charge in [-0.25, -0.2) is 0 Å². The van der Waals surface area contributed by atoms with Gasteiger partial charge in [0.25, 0.3) is 11.8 Å². The number of nitrogens with zero attached hydrogens (tertiary/aromatic N) is 6. The third-order valence-corrected chi connectivity index (χ3v) is 3.92. The molecule has 4 N–H and O–H groups in total. The lowest BCUT2D eigenvalue weighted by Gasteiger charge is -2.13. The van der Waals surface area contributed by atoms with Crippen molar-refractivity contribution in [2.24, 2.45) is 11.5 Å². The Labute approximate surface area is 155 Å². The van der Waals surface area contributed by atoms with Crippen LogP contribution in [0.3, 0.4) is 0 Å². The van der Waals surface area contributed by atoms with Crippen LogP contribution in [0.5, 0.6) is 0 Å². The molecule has 2 aromatic heterocycles. The molecular weight excluding hydrogens is 376 g/mol. The van der Waals surface area contributed by atoms with Crippen LogP contribution in [0.15, 0.2) is 36.7 Å². The van der Waals surface area contributed by atoms with E-state index in [1.807, 2.05) is 0 Å². The fourth-order valence-corrected chi connectivity index (χ4v) is 2.62. The van der Waals surface area contributed by atoms with Crippen LogP contribution in [0.4, 0.5) is 11.6 Å². The van der Waals surface area contributed by atoms with Gasteiger partial charge >= 0.3 is 11.6 Å². The number of carbonyl (C=O) groups is 2. The van der Waals surface area contributed by atoms with Gasteiger partial charge in [-0.1, -0.05) is 24.3 Å². The molecule has 0 fully saturated rings. The summed E-state index contributed by atoms with van der Waals surface area (Å²) in [5.74, 6) is -3.29. The van der Waals surface area contributed by atoms with Crippen LogP contribution < -0.4 is 11.5 Å². The van der Waals surface area contributed by atoms with E-state index in [-0.39, 0.29) is 11.1 Å². The largest absolute Gasteiger partial charge is 0.402 e. The van der Waals surface area contributed by atoms with E-state index in [4.69, 9.17) is 11.5 Å². The summed E-state index contributed by atoms with van der Waals surface area (Å²) in [4.78, 5) is 43.0. The molecule has 0 aromatic carbocycles. The van der Waals surface area contributed by atoms with Gasteiger partial charge in [-0.15, -0.1) is 0 Å².